The fourth-order valence-corrected chi connectivity index (χ4v) is 4.99. The van der Waals surface area contributed by atoms with Crippen LogP contribution in [0, 0.1) is 17.1 Å². The minimum atomic E-state index is -1.60. The molecule has 1 atom stereocenters. The molecule has 2 aliphatic rings. The monoisotopic (exact) mass is 494 g/mol. The second kappa shape index (κ2) is 8.01. The van der Waals surface area contributed by atoms with Gasteiger partial charge in [0, 0.05) is 29.1 Å². The van der Waals surface area contributed by atoms with Crippen molar-refractivity contribution in [2.24, 2.45) is 10.7 Å². The predicted octanol–water partition coefficient (Wildman–Crippen LogP) is 4.64. The van der Waals surface area contributed by atoms with Crippen LogP contribution >= 0.6 is 23.2 Å². The number of guanidine groups is 1. The number of fused-ring (bicyclic) bond motifs is 1. The first-order valence-electron chi connectivity index (χ1n) is 10.3. The van der Waals surface area contributed by atoms with E-state index in [2.05, 4.69) is 11.1 Å². The van der Waals surface area contributed by atoms with E-state index in [1.165, 1.54) is 24.1 Å². The Morgan fingerprint density at radius 3 is 2.53 bits per heavy atom. The molecule has 2 N–H and O–H groups in total. The molecule has 0 aromatic heterocycles. The summed E-state index contributed by atoms with van der Waals surface area (Å²) < 4.78 is 20.6. The molecule has 34 heavy (non-hydrogen) atoms. The molecular formula is C25H17Cl2FN4O2. The van der Waals surface area contributed by atoms with Crippen molar-refractivity contribution in [2.75, 3.05) is 13.7 Å². The summed E-state index contributed by atoms with van der Waals surface area (Å²) in [5, 5.41) is 10.4. The van der Waals surface area contributed by atoms with E-state index in [1.807, 2.05) is 0 Å². The van der Waals surface area contributed by atoms with Gasteiger partial charge in [-0.1, -0.05) is 29.3 Å². The lowest BCUT2D eigenvalue weighted by Gasteiger charge is -2.27. The van der Waals surface area contributed by atoms with Gasteiger partial charge >= 0.3 is 0 Å². The van der Waals surface area contributed by atoms with Gasteiger partial charge in [-0.3, -0.25) is 9.69 Å². The zero-order valence-electron chi connectivity index (χ0n) is 17.9. The SMILES string of the molecule is CN1C(=O)C(c2cc(C#N)c3c(c2)CCO3)(c2ccc(F)c(-c3cc(Cl)cc(Cl)c3)c2)N=C1N. The molecule has 5 rings (SSSR count). The molecule has 9 heteroatoms. The molecule has 0 saturated heterocycles. The molecule has 3 aromatic carbocycles. The second-order valence-electron chi connectivity index (χ2n) is 8.12. The van der Waals surface area contributed by atoms with Gasteiger partial charge in [0.15, 0.2) is 11.5 Å². The summed E-state index contributed by atoms with van der Waals surface area (Å²) >= 11 is 12.3. The lowest BCUT2D eigenvalue weighted by atomic mass is 9.80. The fraction of sp³-hybridized carbons (Fsp3) is 0.160. The highest BCUT2D eigenvalue weighted by atomic mass is 35.5. The first kappa shape index (κ1) is 22.2. The van der Waals surface area contributed by atoms with Gasteiger partial charge < -0.3 is 10.5 Å². The molecular weight excluding hydrogens is 478 g/mol. The zero-order valence-corrected chi connectivity index (χ0v) is 19.4. The number of carbonyl (C=O) groups excluding carboxylic acids is 1. The van der Waals surface area contributed by atoms with Crippen molar-refractivity contribution in [3.8, 4) is 22.9 Å². The van der Waals surface area contributed by atoms with Gasteiger partial charge in [-0.15, -0.1) is 0 Å². The number of ether oxygens (including phenoxy) is 1. The first-order chi connectivity index (χ1) is 16.2. The number of rotatable bonds is 3. The topological polar surface area (TPSA) is 91.7 Å². The van der Waals surface area contributed by atoms with Crippen LogP contribution in [0.4, 0.5) is 4.39 Å². The van der Waals surface area contributed by atoms with Crippen LogP contribution in [0.15, 0.2) is 53.5 Å². The van der Waals surface area contributed by atoms with Crippen LogP contribution in [0.25, 0.3) is 11.1 Å². The van der Waals surface area contributed by atoms with E-state index in [1.54, 1.807) is 36.4 Å². The lowest BCUT2D eigenvalue weighted by molar-refractivity contribution is -0.129. The highest BCUT2D eigenvalue weighted by Crippen LogP contribution is 2.44. The Balaban J connectivity index is 1.78. The van der Waals surface area contributed by atoms with Crippen LogP contribution in [0.3, 0.4) is 0 Å². The van der Waals surface area contributed by atoms with E-state index in [9.17, 15) is 14.4 Å². The van der Waals surface area contributed by atoms with Crippen LogP contribution in [0.5, 0.6) is 5.75 Å². The number of nitrogens with zero attached hydrogens (tertiary/aromatic N) is 3. The molecule has 1 amide bonds. The second-order valence-corrected chi connectivity index (χ2v) is 8.99. The van der Waals surface area contributed by atoms with E-state index in [0.29, 0.717) is 51.1 Å². The van der Waals surface area contributed by atoms with E-state index in [-0.39, 0.29) is 11.5 Å². The minimum absolute atomic E-state index is 0.0110. The van der Waals surface area contributed by atoms with E-state index in [4.69, 9.17) is 33.7 Å². The highest BCUT2D eigenvalue weighted by molar-refractivity contribution is 6.35. The number of hydrogen-bond donors (Lipinski definition) is 1. The predicted molar refractivity (Wildman–Crippen MR) is 127 cm³/mol. The maximum atomic E-state index is 15.0. The van der Waals surface area contributed by atoms with Gasteiger partial charge in [-0.05, 0) is 64.7 Å². The molecule has 0 bridgehead atoms. The van der Waals surface area contributed by atoms with Crippen LogP contribution in [0.2, 0.25) is 10.0 Å². The number of carbonyl (C=O) groups is 1. The average molecular weight is 495 g/mol. The van der Waals surface area contributed by atoms with E-state index in [0.717, 1.165) is 5.56 Å². The molecule has 1 unspecified atom stereocenters. The number of amides is 1. The number of aliphatic imine (C=N–C) groups is 1. The third-order valence-electron chi connectivity index (χ3n) is 6.12. The zero-order chi connectivity index (χ0) is 24.2. The average Bonchev–Trinajstić information content (AvgIpc) is 3.37. The maximum absolute atomic E-state index is 15.0. The molecule has 170 valence electrons. The number of benzene rings is 3. The molecule has 6 nitrogen and oxygen atoms in total. The summed E-state index contributed by atoms with van der Waals surface area (Å²) in [7, 11) is 1.52. The highest BCUT2D eigenvalue weighted by Gasteiger charge is 2.50. The van der Waals surface area contributed by atoms with Gasteiger partial charge in [-0.25, -0.2) is 9.38 Å². The Kier molecular flexibility index (Phi) is 5.23. The molecule has 0 spiro atoms. The fourth-order valence-electron chi connectivity index (χ4n) is 4.47. The van der Waals surface area contributed by atoms with Crippen LogP contribution < -0.4 is 10.5 Å². The largest absolute Gasteiger partial charge is 0.492 e. The smallest absolute Gasteiger partial charge is 0.266 e. The standard InChI is InChI=1S/C25H17Cl2FN4O2/c1-32-23(33)25(31-24(32)30,17-6-13-4-5-34-22(13)15(7-17)12-29)16-2-3-21(28)20(10-16)14-8-18(26)11-19(27)9-14/h2-3,6-11H,4-5H2,1H3,(H2,30,31). The molecule has 0 fully saturated rings. The molecule has 3 aromatic rings. The van der Waals surface area contributed by atoms with Crippen molar-refractivity contribution in [1.82, 2.24) is 4.90 Å². The Morgan fingerprint density at radius 2 is 1.88 bits per heavy atom. The quantitative estimate of drug-likeness (QED) is 0.574. The van der Waals surface area contributed by atoms with Crippen molar-refractivity contribution in [3.05, 3.63) is 86.6 Å². The van der Waals surface area contributed by atoms with Crippen LogP contribution in [0.1, 0.15) is 22.3 Å². The maximum Gasteiger partial charge on any atom is 0.266 e. The van der Waals surface area contributed by atoms with Gasteiger partial charge in [0.1, 0.15) is 17.6 Å². The van der Waals surface area contributed by atoms with Gasteiger partial charge in [0.25, 0.3) is 5.91 Å². The number of likely N-dealkylation sites (N-methyl/N-ethyl adjacent to an activating group) is 1. The molecule has 0 radical (unpaired) electrons. The van der Waals surface area contributed by atoms with E-state index >= 15 is 0 Å². The Hall–Kier alpha value is -3.60. The van der Waals surface area contributed by atoms with Crippen LogP contribution in [-0.2, 0) is 16.8 Å². The minimum Gasteiger partial charge on any atom is -0.492 e. The molecule has 0 saturated carbocycles. The van der Waals surface area contributed by atoms with Crippen molar-refractivity contribution >= 4 is 35.1 Å². The summed E-state index contributed by atoms with van der Waals surface area (Å²) in [4.78, 5) is 19.5. The third kappa shape index (κ3) is 3.30. The lowest BCUT2D eigenvalue weighted by Crippen LogP contribution is -2.41. The van der Waals surface area contributed by atoms with Gasteiger partial charge in [0.05, 0.1) is 12.2 Å². The molecule has 0 aliphatic carbocycles. The number of nitrogens with two attached hydrogens (primary N) is 1. The Labute approximate surface area is 205 Å². The summed E-state index contributed by atoms with van der Waals surface area (Å²) in [6, 6.07) is 14.5. The van der Waals surface area contributed by atoms with Crippen LogP contribution in [-0.4, -0.2) is 30.4 Å². The van der Waals surface area contributed by atoms with Crippen molar-refractivity contribution in [1.29, 1.82) is 5.26 Å². The Bertz CT molecular complexity index is 1430. The van der Waals surface area contributed by atoms with Crippen molar-refractivity contribution in [3.63, 3.8) is 0 Å². The normalized spacial score (nSPS) is 19.0. The van der Waals surface area contributed by atoms with Gasteiger partial charge in [-0.2, -0.15) is 5.26 Å². The third-order valence-corrected chi connectivity index (χ3v) is 6.56. The summed E-state index contributed by atoms with van der Waals surface area (Å²) in [6.45, 7) is 0.440. The summed E-state index contributed by atoms with van der Waals surface area (Å²) in [5.74, 6) is -0.426. The summed E-state index contributed by atoms with van der Waals surface area (Å²) in [5.41, 5.74) is 7.05. The Morgan fingerprint density at radius 1 is 1.15 bits per heavy atom. The summed E-state index contributed by atoms with van der Waals surface area (Å²) in [6.07, 6.45) is 0.590. The number of halogens is 3. The van der Waals surface area contributed by atoms with Crippen molar-refractivity contribution in [2.45, 2.75) is 12.0 Å². The number of hydrogen-bond acceptors (Lipinski definition) is 5. The molecule has 2 aliphatic heterocycles. The first-order valence-corrected chi connectivity index (χ1v) is 11.1. The van der Waals surface area contributed by atoms with E-state index < -0.39 is 17.3 Å². The van der Waals surface area contributed by atoms with Gasteiger partial charge in [0.2, 0.25) is 0 Å². The molecule has 2 heterocycles. The van der Waals surface area contributed by atoms with Crippen molar-refractivity contribution < 1.29 is 13.9 Å². The number of nitriles is 1.